The van der Waals surface area contributed by atoms with Gasteiger partial charge in [0.15, 0.2) is 0 Å². The monoisotopic (exact) mass is 600 g/mol. The minimum atomic E-state index is -0.395. The lowest BCUT2D eigenvalue weighted by atomic mass is 10.00. The quantitative estimate of drug-likeness (QED) is 0.197. The van der Waals surface area contributed by atoms with Crippen LogP contribution in [0.2, 0.25) is 0 Å². The van der Waals surface area contributed by atoms with Crippen molar-refractivity contribution in [2.45, 2.75) is 49.7 Å². The minimum absolute atomic E-state index is 0. The summed E-state index contributed by atoms with van der Waals surface area (Å²) in [5.74, 6) is 1.44. The molecular formula is C26H32F5IO2. The summed E-state index contributed by atoms with van der Waals surface area (Å²) in [5, 5.41) is 0. The number of hydrogen-bond donors (Lipinski definition) is 0. The molecule has 0 unspecified atom stereocenters. The first-order valence-corrected chi connectivity index (χ1v) is 12.6. The standard InChI is InChI=1S/C13H14F2O.C7H6F2.C6H9IO.FH.H2/c1-6-9(14)3-4-10(15)11(6)13-8-5-16-7(2)12(8)13;1-5-4-6(8)2-3-7(5)9;1-3-5-4(2-8-3)6(5)7;;/h3-4,7-8,12-13H,5H2,1-2H3;2-4H,1H3;3-6H,2H2,1H3;2*1H/t7-,8+,12-,13-;;3-,4+,5-,6+;;/m1.1../s1/i;;;;1+2. The van der Waals surface area contributed by atoms with Crippen molar-refractivity contribution in [3.8, 4) is 0 Å². The number of alkyl halides is 1. The average Bonchev–Trinajstić information content (AvgIpc) is 3.52. The van der Waals surface area contributed by atoms with Crippen molar-refractivity contribution in [3.63, 3.8) is 0 Å². The second-order valence-corrected chi connectivity index (χ2v) is 10.9. The summed E-state index contributed by atoms with van der Waals surface area (Å²) in [6.07, 6.45) is 0.735. The number of aryl methyl sites for hydroxylation is 1. The topological polar surface area (TPSA) is 18.5 Å². The molecule has 4 fully saturated rings. The summed E-state index contributed by atoms with van der Waals surface area (Å²) in [5.41, 5.74) is 1.38. The van der Waals surface area contributed by atoms with Crippen LogP contribution in [0.4, 0.5) is 22.3 Å². The van der Waals surface area contributed by atoms with Crippen LogP contribution in [0.25, 0.3) is 0 Å². The number of hydrogen-bond acceptors (Lipinski definition) is 2. The van der Waals surface area contributed by atoms with Crippen LogP contribution < -0.4 is 0 Å². The van der Waals surface area contributed by atoms with Crippen LogP contribution in [0.3, 0.4) is 0 Å². The van der Waals surface area contributed by atoms with Gasteiger partial charge in [-0.05, 0) is 92.5 Å². The van der Waals surface area contributed by atoms with Crippen LogP contribution in [0, 0.1) is 60.8 Å². The van der Waals surface area contributed by atoms with E-state index in [1.807, 2.05) is 6.92 Å². The Balaban J connectivity index is 0.000000195. The lowest BCUT2D eigenvalue weighted by Gasteiger charge is -2.13. The molecule has 2 aromatic carbocycles. The number of fused-ring (bicyclic) bond motifs is 2. The molecule has 2 saturated carbocycles. The smallest absolute Gasteiger partial charge is 0.127 e. The van der Waals surface area contributed by atoms with E-state index in [1.165, 1.54) is 19.1 Å². The van der Waals surface area contributed by atoms with E-state index in [-0.39, 0.29) is 35.6 Å². The van der Waals surface area contributed by atoms with Gasteiger partial charge in [0.2, 0.25) is 0 Å². The van der Waals surface area contributed by atoms with E-state index in [2.05, 4.69) is 29.5 Å². The molecule has 34 heavy (non-hydrogen) atoms. The summed E-state index contributed by atoms with van der Waals surface area (Å²) < 4.78 is 63.5. The van der Waals surface area contributed by atoms with E-state index >= 15 is 0 Å². The molecule has 2 aliphatic heterocycles. The van der Waals surface area contributed by atoms with Gasteiger partial charge in [-0.1, -0.05) is 22.6 Å². The third kappa shape index (κ3) is 5.43. The van der Waals surface area contributed by atoms with Gasteiger partial charge in [0.05, 0.1) is 25.4 Å². The molecule has 0 spiro atoms. The maximum atomic E-state index is 13.7. The van der Waals surface area contributed by atoms with Crippen molar-refractivity contribution in [3.05, 3.63) is 70.3 Å². The van der Waals surface area contributed by atoms with Crippen LogP contribution in [0.15, 0.2) is 30.3 Å². The number of ether oxygens (including phenoxy) is 2. The van der Waals surface area contributed by atoms with E-state index in [4.69, 9.17) is 9.47 Å². The van der Waals surface area contributed by atoms with Crippen molar-refractivity contribution in [1.29, 1.82) is 0 Å². The molecule has 2 aliphatic carbocycles. The van der Waals surface area contributed by atoms with Crippen LogP contribution in [0.1, 0.15) is 37.9 Å². The second-order valence-electron chi connectivity index (χ2n) is 9.49. The molecule has 0 aromatic heterocycles. The van der Waals surface area contributed by atoms with Crippen molar-refractivity contribution in [2.24, 2.45) is 23.7 Å². The van der Waals surface area contributed by atoms with Gasteiger partial charge < -0.3 is 9.47 Å². The first-order valence-electron chi connectivity index (χ1n) is 11.3. The summed E-state index contributed by atoms with van der Waals surface area (Å²) in [6.45, 7) is 9.09. The Morgan fingerprint density at radius 3 is 1.82 bits per heavy atom. The Hall–Kier alpha value is -1.26. The number of halogens is 6. The summed E-state index contributed by atoms with van der Waals surface area (Å²) in [4.78, 5) is 0. The lowest BCUT2D eigenvalue weighted by Crippen LogP contribution is -2.10. The third-order valence-electron chi connectivity index (χ3n) is 7.40. The van der Waals surface area contributed by atoms with E-state index in [1.54, 1.807) is 6.92 Å². The molecule has 8 heteroatoms. The molecule has 2 nitrogen and oxygen atoms in total. The average molecular weight is 600 g/mol. The van der Waals surface area contributed by atoms with Crippen LogP contribution >= 0.6 is 22.6 Å². The van der Waals surface area contributed by atoms with Gasteiger partial charge in [0, 0.05) is 17.2 Å². The van der Waals surface area contributed by atoms with Crippen molar-refractivity contribution < 1.29 is 33.2 Å². The predicted octanol–water partition coefficient (Wildman–Crippen LogP) is 7.15. The van der Waals surface area contributed by atoms with Gasteiger partial charge in [-0.2, -0.15) is 0 Å². The van der Waals surface area contributed by atoms with Gasteiger partial charge >= 0.3 is 0 Å². The molecule has 2 saturated heterocycles. The first kappa shape index (κ1) is 27.3. The molecular weight excluding hydrogens is 566 g/mol. The highest BCUT2D eigenvalue weighted by atomic mass is 127. The zero-order valence-electron chi connectivity index (χ0n) is 19.5. The molecule has 190 valence electrons. The molecule has 0 amide bonds. The fraction of sp³-hybridized carbons (Fsp3) is 0.538. The van der Waals surface area contributed by atoms with E-state index in [0.29, 0.717) is 41.2 Å². The second kappa shape index (κ2) is 10.8. The SMILES string of the molecule is C[C@H]1OC[C@@H]2[C@H](I)[C@@H]21.Cc1c(F)ccc(F)c1[C@H]1[C@H]2CO[C@H](C)[C@H]21.Cc1cc(F)ccc1F.F.[3HH]. The zero-order valence-corrected chi connectivity index (χ0v) is 21.7. The Labute approximate surface area is 212 Å². The van der Waals surface area contributed by atoms with Gasteiger partial charge in [-0.25, -0.2) is 17.6 Å². The maximum absolute atomic E-state index is 13.7. The third-order valence-corrected chi connectivity index (χ3v) is 9.15. The first-order chi connectivity index (χ1) is 15.6. The maximum Gasteiger partial charge on any atom is 0.127 e. The molecule has 0 bridgehead atoms. The van der Waals surface area contributed by atoms with Crippen molar-refractivity contribution in [1.82, 2.24) is 0 Å². The van der Waals surface area contributed by atoms with E-state index < -0.39 is 5.82 Å². The normalized spacial score (nSPS) is 33.9. The molecule has 4 aliphatic rings. The van der Waals surface area contributed by atoms with Gasteiger partial charge in [0.1, 0.15) is 23.3 Å². The largest absolute Gasteiger partial charge is 0.378 e. The fourth-order valence-electron chi connectivity index (χ4n) is 5.26. The zero-order chi connectivity index (χ0) is 24.0. The number of rotatable bonds is 1. The summed E-state index contributed by atoms with van der Waals surface area (Å²) in [7, 11) is 0. The molecule has 2 aromatic rings. The Morgan fingerprint density at radius 1 is 0.824 bits per heavy atom. The van der Waals surface area contributed by atoms with Crippen LogP contribution in [-0.4, -0.2) is 29.3 Å². The molecule has 0 radical (unpaired) electrons. The van der Waals surface area contributed by atoms with Gasteiger partial charge in [-0.15, -0.1) is 0 Å². The Kier molecular flexibility index (Phi) is 8.67. The molecule has 0 N–H and O–H groups in total. The highest BCUT2D eigenvalue weighted by Gasteiger charge is 2.59. The van der Waals surface area contributed by atoms with Crippen LogP contribution in [0.5, 0.6) is 0 Å². The highest BCUT2D eigenvalue weighted by molar-refractivity contribution is 14.1. The van der Waals surface area contributed by atoms with E-state index in [0.717, 1.165) is 40.6 Å². The number of benzene rings is 2. The lowest BCUT2D eigenvalue weighted by molar-refractivity contribution is 0.0883. The fourth-order valence-corrected chi connectivity index (χ4v) is 6.83. The van der Waals surface area contributed by atoms with Gasteiger partial charge in [0.25, 0.3) is 0 Å². The van der Waals surface area contributed by atoms with Crippen molar-refractivity contribution >= 4 is 22.6 Å². The summed E-state index contributed by atoms with van der Waals surface area (Å²) >= 11 is 2.53. The minimum Gasteiger partial charge on any atom is -0.378 e. The molecule has 2 heterocycles. The van der Waals surface area contributed by atoms with Crippen molar-refractivity contribution in [2.75, 3.05) is 13.2 Å². The summed E-state index contributed by atoms with van der Waals surface area (Å²) in [6, 6.07) is 5.81. The molecule has 6 rings (SSSR count). The van der Waals surface area contributed by atoms with Crippen LogP contribution in [-0.2, 0) is 9.47 Å². The van der Waals surface area contributed by atoms with E-state index in [9.17, 15) is 17.6 Å². The highest BCUT2D eigenvalue weighted by Crippen LogP contribution is 2.61. The predicted molar refractivity (Wildman–Crippen MR) is 132 cm³/mol. The Morgan fingerprint density at radius 2 is 1.38 bits per heavy atom. The molecule has 8 atom stereocenters. The Bertz CT molecular complexity index is 1020. The van der Waals surface area contributed by atoms with Gasteiger partial charge in [-0.3, -0.25) is 4.70 Å².